The molecular weight excluding hydrogens is 182 g/mol. The SMILES string of the molecule is CC.CC.CC(CN)Cc1ccccc1. The maximum Gasteiger partial charge on any atom is -0.00483 e. The van der Waals surface area contributed by atoms with Gasteiger partial charge in [0.25, 0.3) is 0 Å². The highest BCUT2D eigenvalue weighted by molar-refractivity contribution is 5.15. The fourth-order valence-corrected chi connectivity index (χ4v) is 1.10. The molecule has 0 fully saturated rings. The molecule has 1 aromatic carbocycles. The van der Waals surface area contributed by atoms with Crippen LogP contribution in [-0.2, 0) is 6.42 Å². The molecule has 0 saturated heterocycles. The van der Waals surface area contributed by atoms with Crippen molar-refractivity contribution in [3.05, 3.63) is 35.9 Å². The Hall–Kier alpha value is -0.820. The first-order chi connectivity index (χ1) is 7.33. The molecule has 0 spiro atoms. The Bertz CT molecular complexity index is 194. The molecule has 0 bridgehead atoms. The molecule has 0 saturated carbocycles. The Morgan fingerprint density at radius 3 is 1.87 bits per heavy atom. The summed E-state index contributed by atoms with van der Waals surface area (Å²) in [4.78, 5) is 0. The van der Waals surface area contributed by atoms with E-state index in [9.17, 15) is 0 Å². The van der Waals surface area contributed by atoms with Gasteiger partial charge in [-0.3, -0.25) is 0 Å². The van der Waals surface area contributed by atoms with Crippen molar-refractivity contribution in [2.45, 2.75) is 41.0 Å². The Morgan fingerprint density at radius 1 is 1.00 bits per heavy atom. The zero-order chi connectivity index (χ0) is 12.1. The quantitative estimate of drug-likeness (QED) is 0.803. The Morgan fingerprint density at radius 2 is 1.47 bits per heavy atom. The van der Waals surface area contributed by atoms with Crippen molar-refractivity contribution in [2.75, 3.05) is 6.54 Å². The smallest absolute Gasteiger partial charge is 0.00483 e. The lowest BCUT2D eigenvalue weighted by molar-refractivity contribution is 0.593. The third-order valence-electron chi connectivity index (χ3n) is 1.83. The number of nitrogens with two attached hydrogens (primary N) is 1. The van der Waals surface area contributed by atoms with Crippen LogP contribution in [0.2, 0.25) is 0 Å². The minimum absolute atomic E-state index is 0.595. The van der Waals surface area contributed by atoms with Gasteiger partial charge in [-0.15, -0.1) is 0 Å². The average molecular weight is 209 g/mol. The summed E-state index contributed by atoms with van der Waals surface area (Å²) in [5.74, 6) is 0.595. The molecule has 1 atom stereocenters. The van der Waals surface area contributed by atoms with Crippen LogP contribution in [0, 0.1) is 5.92 Å². The Labute approximate surface area is 95.7 Å². The van der Waals surface area contributed by atoms with Crippen LogP contribution in [0.25, 0.3) is 0 Å². The van der Waals surface area contributed by atoms with Gasteiger partial charge < -0.3 is 5.73 Å². The molecule has 1 unspecified atom stereocenters. The van der Waals surface area contributed by atoms with Crippen molar-refractivity contribution in [3.63, 3.8) is 0 Å². The first-order valence-electron chi connectivity index (χ1n) is 6.07. The van der Waals surface area contributed by atoms with Gasteiger partial charge in [0.2, 0.25) is 0 Å². The lowest BCUT2D eigenvalue weighted by Crippen LogP contribution is -2.12. The fourth-order valence-electron chi connectivity index (χ4n) is 1.10. The van der Waals surface area contributed by atoms with Gasteiger partial charge in [0.15, 0.2) is 0 Å². The second kappa shape index (κ2) is 13.2. The van der Waals surface area contributed by atoms with E-state index < -0.39 is 0 Å². The lowest BCUT2D eigenvalue weighted by Gasteiger charge is -2.06. The van der Waals surface area contributed by atoms with E-state index in [1.807, 2.05) is 33.8 Å². The molecular formula is C14H27N. The topological polar surface area (TPSA) is 26.0 Å². The molecule has 88 valence electrons. The second-order valence-electron chi connectivity index (χ2n) is 3.03. The molecule has 1 rings (SSSR count). The van der Waals surface area contributed by atoms with E-state index in [2.05, 4.69) is 31.2 Å². The van der Waals surface area contributed by atoms with Crippen molar-refractivity contribution in [2.24, 2.45) is 11.7 Å². The summed E-state index contributed by atoms with van der Waals surface area (Å²) in [6.07, 6.45) is 1.09. The van der Waals surface area contributed by atoms with E-state index in [1.165, 1.54) is 5.56 Å². The summed E-state index contributed by atoms with van der Waals surface area (Å²) in [5.41, 5.74) is 6.90. The summed E-state index contributed by atoms with van der Waals surface area (Å²) in [5, 5.41) is 0. The molecule has 0 aliphatic heterocycles. The van der Waals surface area contributed by atoms with Crippen molar-refractivity contribution in [1.82, 2.24) is 0 Å². The van der Waals surface area contributed by atoms with E-state index >= 15 is 0 Å². The van der Waals surface area contributed by atoms with Gasteiger partial charge in [0.05, 0.1) is 0 Å². The summed E-state index contributed by atoms with van der Waals surface area (Å²) in [6, 6.07) is 10.5. The molecule has 0 aliphatic carbocycles. The molecule has 0 aliphatic rings. The van der Waals surface area contributed by atoms with E-state index in [-0.39, 0.29) is 0 Å². The van der Waals surface area contributed by atoms with E-state index in [0.29, 0.717) is 5.92 Å². The van der Waals surface area contributed by atoms with Crippen LogP contribution >= 0.6 is 0 Å². The van der Waals surface area contributed by atoms with Crippen LogP contribution in [0.5, 0.6) is 0 Å². The lowest BCUT2D eigenvalue weighted by atomic mass is 10.0. The van der Waals surface area contributed by atoms with Gasteiger partial charge >= 0.3 is 0 Å². The highest BCUT2D eigenvalue weighted by Gasteiger charge is 1.98. The van der Waals surface area contributed by atoms with Crippen molar-refractivity contribution in [3.8, 4) is 0 Å². The monoisotopic (exact) mass is 209 g/mol. The summed E-state index contributed by atoms with van der Waals surface area (Å²) in [6.45, 7) is 10.9. The van der Waals surface area contributed by atoms with Gasteiger partial charge in [-0.2, -0.15) is 0 Å². The van der Waals surface area contributed by atoms with Crippen LogP contribution in [0.15, 0.2) is 30.3 Å². The van der Waals surface area contributed by atoms with Gasteiger partial charge in [-0.25, -0.2) is 0 Å². The maximum absolute atomic E-state index is 5.52. The summed E-state index contributed by atoms with van der Waals surface area (Å²) < 4.78 is 0. The van der Waals surface area contributed by atoms with Crippen LogP contribution < -0.4 is 5.73 Å². The number of hydrogen-bond donors (Lipinski definition) is 1. The molecule has 2 N–H and O–H groups in total. The molecule has 1 heteroatoms. The number of rotatable bonds is 3. The van der Waals surface area contributed by atoms with Gasteiger partial charge in [0.1, 0.15) is 0 Å². The molecule has 0 radical (unpaired) electrons. The second-order valence-corrected chi connectivity index (χ2v) is 3.03. The molecule has 0 aromatic heterocycles. The zero-order valence-corrected chi connectivity index (χ0v) is 11.0. The first kappa shape index (κ1) is 16.6. The summed E-state index contributed by atoms with van der Waals surface area (Å²) >= 11 is 0. The largest absolute Gasteiger partial charge is 0.330 e. The van der Waals surface area contributed by atoms with Crippen molar-refractivity contribution in [1.29, 1.82) is 0 Å². The zero-order valence-electron chi connectivity index (χ0n) is 11.0. The normalized spacial score (nSPS) is 10.3. The Balaban J connectivity index is 0. The minimum atomic E-state index is 0.595. The van der Waals surface area contributed by atoms with Crippen molar-refractivity contribution >= 4 is 0 Å². The maximum atomic E-state index is 5.52. The van der Waals surface area contributed by atoms with Gasteiger partial charge in [-0.1, -0.05) is 65.0 Å². The predicted octanol–water partition coefficient (Wildman–Crippen LogP) is 3.88. The highest BCUT2D eigenvalue weighted by Crippen LogP contribution is 2.05. The van der Waals surface area contributed by atoms with Crippen molar-refractivity contribution < 1.29 is 0 Å². The number of hydrogen-bond acceptors (Lipinski definition) is 1. The molecule has 15 heavy (non-hydrogen) atoms. The van der Waals surface area contributed by atoms with E-state index in [0.717, 1.165) is 13.0 Å². The average Bonchev–Trinajstić information content (AvgIpc) is 2.35. The molecule has 0 heterocycles. The predicted molar refractivity (Wildman–Crippen MR) is 71.1 cm³/mol. The molecule has 1 aromatic rings. The van der Waals surface area contributed by atoms with E-state index in [4.69, 9.17) is 5.73 Å². The fraction of sp³-hybridized carbons (Fsp3) is 0.571. The molecule has 0 amide bonds. The minimum Gasteiger partial charge on any atom is -0.330 e. The van der Waals surface area contributed by atoms with Gasteiger partial charge in [0, 0.05) is 0 Å². The standard InChI is InChI=1S/C10H15N.2C2H6/c1-9(8-11)7-10-5-3-2-4-6-10;2*1-2/h2-6,9H,7-8,11H2,1H3;2*1-2H3. The van der Waals surface area contributed by atoms with Crippen LogP contribution in [0.1, 0.15) is 40.2 Å². The third kappa shape index (κ3) is 9.48. The first-order valence-corrected chi connectivity index (χ1v) is 6.07. The highest BCUT2D eigenvalue weighted by atomic mass is 14.5. The van der Waals surface area contributed by atoms with Gasteiger partial charge in [-0.05, 0) is 24.4 Å². The Kier molecular flexibility index (Phi) is 14.6. The van der Waals surface area contributed by atoms with Crippen LogP contribution in [0.3, 0.4) is 0 Å². The van der Waals surface area contributed by atoms with E-state index in [1.54, 1.807) is 0 Å². The summed E-state index contributed by atoms with van der Waals surface area (Å²) in [7, 11) is 0. The number of benzene rings is 1. The van der Waals surface area contributed by atoms with Crippen LogP contribution in [0.4, 0.5) is 0 Å². The van der Waals surface area contributed by atoms with Crippen LogP contribution in [-0.4, -0.2) is 6.54 Å². The third-order valence-corrected chi connectivity index (χ3v) is 1.83. The molecule has 1 nitrogen and oxygen atoms in total.